The first-order valence-corrected chi connectivity index (χ1v) is 6.85. The summed E-state index contributed by atoms with van der Waals surface area (Å²) >= 11 is 0. The monoisotopic (exact) mass is 263 g/mol. The molecule has 2 fully saturated rings. The second-order valence-corrected chi connectivity index (χ2v) is 5.68. The zero-order valence-corrected chi connectivity index (χ0v) is 11.5. The minimum Gasteiger partial charge on any atom is -0.497 e. The molecule has 1 aromatic carbocycles. The average molecular weight is 263 g/mol. The van der Waals surface area contributed by atoms with Crippen LogP contribution in [-0.4, -0.2) is 31.4 Å². The Morgan fingerprint density at radius 1 is 1.05 bits per heavy atom. The molecule has 0 spiro atoms. The molecule has 4 nitrogen and oxygen atoms in total. The van der Waals surface area contributed by atoms with Gasteiger partial charge in [0.15, 0.2) is 0 Å². The standard InChI is InChI=1S/C15H21NO3/c1-18-13-5-10(6-14(7-13)19-2)15(17)8-11-3-4-12(9-15)16-11/h5-7,11-12,16-17H,3-4,8-9H2,1-2H3. The lowest BCUT2D eigenvalue weighted by atomic mass is 9.81. The molecule has 2 bridgehead atoms. The summed E-state index contributed by atoms with van der Waals surface area (Å²) in [4.78, 5) is 0. The van der Waals surface area contributed by atoms with Gasteiger partial charge in [0, 0.05) is 18.2 Å². The fraction of sp³-hybridized carbons (Fsp3) is 0.600. The maximum atomic E-state index is 11.0. The Bertz CT molecular complexity index is 440. The Morgan fingerprint density at radius 3 is 2.05 bits per heavy atom. The van der Waals surface area contributed by atoms with Crippen LogP contribution in [0.2, 0.25) is 0 Å². The van der Waals surface area contributed by atoms with E-state index in [4.69, 9.17) is 9.47 Å². The molecule has 3 rings (SSSR count). The van der Waals surface area contributed by atoms with Crippen LogP contribution in [0.3, 0.4) is 0 Å². The molecule has 0 aromatic heterocycles. The third-order valence-electron chi connectivity index (χ3n) is 4.39. The maximum absolute atomic E-state index is 11.0. The van der Waals surface area contributed by atoms with Crippen LogP contribution in [0.25, 0.3) is 0 Å². The molecule has 2 aliphatic heterocycles. The summed E-state index contributed by atoms with van der Waals surface area (Å²) in [5.74, 6) is 1.46. The van der Waals surface area contributed by atoms with E-state index in [1.54, 1.807) is 14.2 Å². The van der Waals surface area contributed by atoms with E-state index in [2.05, 4.69) is 5.32 Å². The van der Waals surface area contributed by atoms with Crippen molar-refractivity contribution in [2.45, 2.75) is 43.4 Å². The van der Waals surface area contributed by atoms with Crippen molar-refractivity contribution >= 4 is 0 Å². The number of hydrogen-bond acceptors (Lipinski definition) is 4. The lowest BCUT2D eigenvalue weighted by Gasteiger charge is -2.37. The number of ether oxygens (including phenoxy) is 2. The number of nitrogens with one attached hydrogen (secondary N) is 1. The Hall–Kier alpha value is -1.26. The zero-order valence-electron chi connectivity index (χ0n) is 11.5. The van der Waals surface area contributed by atoms with Gasteiger partial charge in [-0.2, -0.15) is 0 Å². The molecule has 2 unspecified atom stereocenters. The first kappa shape index (κ1) is 12.8. The first-order valence-electron chi connectivity index (χ1n) is 6.85. The average Bonchev–Trinajstić information content (AvgIpc) is 2.77. The van der Waals surface area contributed by atoms with Crippen LogP contribution < -0.4 is 14.8 Å². The number of benzene rings is 1. The van der Waals surface area contributed by atoms with E-state index < -0.39 is 5.60 Å². The third-order valence-corrected chi connectivity index (χ3v) is 4.39. The molecule has 104 valence electrons. The van der Waals surface area contributed by atoms with E-state index in [1.165, 1.54) is 0 Å². The second-order valence-electron chi connectivity index (χ2n) is 5.68. The van der Waals surface area contributed by atoms with Crippen LogP contribution in [0.15, 0.2) is 18.2 Å². The molecule has 2 aliphatic rings. The molecule has 2 N–H and O–H groups in total. The summed E-state index contributed by atoms with van der Waals surface area (Å²) < 4.78 is 10.6. The SMILES string of the molecule is COc1cc(OC)cc(C2(O)CC3CCC(C2)N3)c1. The van der Waals surface area contributed by atoms with Crippen molar-refractivity contribution in [1.82, 2.24) is 5.32 Å². The van der Waals surface area contributed by atoms with Gasteiger partial charge in [0.1, 0.15) is 11.5 Å². The van der Waals surface area contributed by atoms with E-state index >= 15 is 0 Å². The molecule has 2 heterocycles. The third kappa shape index (κ3) is 2.30. The van der Waals surface area contributed by atoms with Crippen LogP contribution in [0, 0.1) is 0 Å². The minimum atomic E-state index is -0.765. The Kier molecular flexibility index (Phi) is 3.15. The Balaban J connectivity index is 1.96. The smallest absolute Gasteiger partial charge is 0.122 e. The fourth-order valence-electron chi connectivity index (χ4n) is 3.43. The molecule has 2 saturated heterocycles. The van der Waals surface area contributed by atoms with Crippen molar-refractivity contribution in [3.8, 4) is 11.5 Å². The van der Waals surface area contributed by atoms with Crippen molar-refractivity contribution in [2.75, 3.05) is 14.2 Å². The molecule has 0 amide bonds. The molecular formula is C15H21NO3. The molecule has 0 aliphatic carbocycles. The molecule has 2 atom stereocenters. The molecule has 4 heteroatoms. The normalized spacial score (nSPS) is 33.2. The first-order chi connectivity index (χ1) is 9.13. The second kappa shape index (κ2) is 4.69. The van der Waals surface area contributed by atoms with E-state index in [1.807, 2.05) is 18.2 Å². The van der Waals surface area contributed by atoms with Gasteiger partial charge in [0.2, 0.25) is 0 Å². The highest BCUT2D eigenvalue weighted by Crippen LogP contribution is 2.42. The van der Waals surface area contributed by atoms with E-state index in [9.17, 15) is 5.11 Å². The van der Waals surface area contributed by atoms with Crippen LogP contribution in [-0.2, 0) is 5.60 Å². The predicted octanol–water partition coefficient (Wildman–Crippen LogP) is 1.81. The lowest BCUT2D eigenvalue weighted by Crippen LogP contribution is -2.46. The summed E-state index contributed by atoms with van der Waals surface area (Å²) in [7, 11) is 3.27. The number of hydrogen-bond donors (Lipinski definition) is 2. The Morgan fingerprint density at radius 2 is 1.58 bits per heavy atom. The molecular weight excluding hydrogens is 242 g/mol. The van der Waals surface area contributed by atoms with Crippen LogP contribution in [0.5, 0.6) is 11.5 Å². The van der Waals surface area contributed by atoms with Crippen molar-refractivity contribution in [3.63, 3.8) is 0 Å². The number of fused-ring (bicyclic) bond motifs is 2. The highest BCUT2D eigenvalue weighted by atomic mass is 16.5. The van der Waals surface area contributed by atoms with Crippen molar-refractivity contribution in [3.05, 3.63) is 23.8 Å². The summed E-state index contributed by atoms with van der Waals surface area (Å²) in [6.45, 7) is 0. The highest BCUT2D eigenvalue weighted by molar-refractivity contribution is 5.41. The number of piperidine rings is 1. The van der Waals surface area contributed by atoms with Gasteiger partial charge in [-0.1, -0.05) is 0 Å². The van der Waals surface area contributed by atoms with Gasteiger partial charge in [-0.05, 0) is 43.4 Å². The number of methoxy groups -OCH3 is 2. The van der Waals surface area contributed by atoms with Crippen LogP contribution in [0.4, 0.5) is 0 Å². The Labute approximate surface area is 113 Å². The molecule has 0 saturated carbocycles. The van der Waals surface area contributed by atoms with E-state index in [-0.39, 0.29) is 0 Å². The van der Waals surface area contributed by atoms with Gasteiger partial charge in [0.05, 0.1) is 19.8 Å². The minimum absolute atomic E-state index is 0.431. The van der Waals surface area contributed by atoms with Crippen LogP contribution >= 0.6 is 0 Å². The quantitative estimate of drug-likeness (QED) is 0.873. The lowest BCUT2D eigenvalue weighted by molar-refractivity contribution is -0.0117. The van der Waals surface area contributed by atoms with Gasteiger partial charge in [-0.15, -0.1) is 0 Å². The predicted molar refractivity (Wildman–Crippen MR) is 72.6 cm³/mol. The summed E-state index contributed by atoms with van der Waals surface area (Å²) in [6, 6.07) is 6.55. The maximum Gasteiger partial charge on any atom is 0.122 e. The fourth-order valence-corrected chi connectivity index (χ4v) is 3.43. The van der Waals surface area contributed by atoms with E-state index in [0.717, 1.165) is 42.7 Å². The molecule has 1 aromatic rings. The van der Waals surface area contributed by atoms with Gasteiger partial charge in [-0.3, -0.25) is 0 Å². The van der Waals surface area contributed by atoms with E-state index in [0.29, 0.717) is 12.1 Å². The largest absolute Gasteiger partial charge is 0.497 e. The van der Waals surface area contributed by atoms with Gasteiger partial charge in [-0.25, -0.2) is 0 Å². The van der Waals surface area contributed by atoms with Gasteiger partial charge in [0.25, 0.3) is 0 Å². The molecule has 0 radical (unpaired) electrons. The molecule has 19 heavy (non-hydrogen) atoms. The van der Waals surface area contributed by atoms with Crippen LogP contribution in [0.1, 0.15) is 31.2 Å². The van der Waals surface area contributed by atoms with Crippen molar-refractivity contribution in [1.29, 1.82) is 0 Å². The van der Waals surface area contributed by atoms with Gasteiger partial charge < -0.3 is 19.9 Å². The highest BCUT2D eigenvalue weighted by Gasteiger charge is 2.43. The van der Waals surface area contributed by atoms with Gasteiger partial charge >= 0.3 is 0 Å². The van der Waals surface area contributed by atoms with Crippen molar-refractivity contribution in [2.24, 2.45) is 0 Å². The summed E-state index contributed by atoms with van der Waals surface area (Å²) in [6.07, 6.45) is 3.85. The zero-order chi connectivity index (χ0) is 13.5. The summed E-state index contributed by atoms with van der Waals surface area (Å²) in [5, 5.41) is 14.6. The number of rotatable bonds is 3. The summed E-state index contributed by atoms with van der Waals surface area (Å²) in [5.41, 5.74) is 0.140. The topological polar surface area (TPSA) is 50.7 Å². The number of aliphatic hydroxyl groups is 1. The van der Waals surface area contributed by atoms with Crippen molar-refractivity contribution < 1.29 is 14.6 Å².